The van der Waals surface area contributed by atoms with Crippen LogP contribution in [0.15, 0.2) is 18.2 Å². The average molecular weight is 192 g/mol. The second-order valence-electron chi connectivity index (χ2n) is 4.22. The van der Waals surface area contributed by atoms with Crippen LogP contribution >= 0.6 is 0 Å². The molecule has 14 heavy (non-hydrogen) atoms. The molecule has 2 heteroatoms. The Morgan fingerprint density at radius 1 is 1.36 bits per heavy atom. The summed E-state index contributed by atoms with van der Waals surface area (Å²) >= 11 is 0. The van der Waals surface area contributed by atoms with Gasteiger partial charge in [0, 0.05) is 0 Å². The van der Waals surface area contributed by atoms with E-state index in [-0.39, 0.29) is 11.7 Å². The Morgan fingerprint density at radius 2 is 2.07 bits per heavy atom. The van der Waals surface area contributed by atoms with Crippen LogP contribution < -0.4 is 4.74 Å². The second-order valence-corrected chi connectivity index (χ2v) is 4.22. The number of hydrogen-bond donors (Lipinski definition) is 0. The zero-order valence-corrected chi connectivity index (χ0v) is 9.13. The fourth-order valence-corrected chi connectivity index (χ4v) is 2.11. The van der Waals surface area contributed by atoms with Gasteiger partial charge in [0.05, 0.1) is 18.8 Å². The first-order valence-corrected chi connectivity index (χ1v) is 4.91. The van der Waals surface area contributed by atoms with Crippen LogP contribution in [-0.4, -0.2) is 7.11 Å². The normalized spacial score (nSPS) is 23.3. The molecule has 76 valence electrons. The van der Waals surface area contributed by atoms with Crippen LogP contribution in [0.4, 0.5) is 0 Å². The first-order valence-electron chi connectivity index (χ1n) is 4.91. The van der Waals surface area contributed by atoms with Gasteiger partial charge in [-0.25, -0.2) is 0 Å². The van der Waals surface area contributed by atoms with E-state index in [1.54, 1.807) is 7.11 Å². The molecule has 0 radical (unpaired) electrons. The zero-order valence-electron chi connectivity index (χ0n) is 9.13. The minimum absolute atomic E-state index is 0.186. The Morgan fingerprint density at radius 3 is 2.71 bits per heavy atom. The van der Waals surface area contributed by atoms with Crippen molar-refractivity contribution >= 4 is 0 Å². The van der Waals surface area contributed by atoms with Crippen molar-refractivity contribution in [1.82, 2.24) is 0 Å². The molecule has 0 aliphatic carbocycles. The third-order valence-corrected chi connectivity index (χ3v) is 2.82. The smallest absolute Gasteiger partial charge is 0.119 e. The Bertz CT molecular complexity index is 355. The van der Waals surface area contributed by atoms with E-state index in [0.29, 0.717) is 0 Å². The highest BCUT2D eigenvalue weighted by atomic mass is 16.5. The maximum absolute atomic E-state index is 5.86. The number of hydrogen-bond acceptors (Lipinski definition) is 2. The summed E-state index contributed by atoms with van der Waals surface area (Å²) < 4.78 is 11.1. The Balaban J connectivity index is 2.53. The highest BCUT2D eigenvalue weighted by Gasteiger charge is 2.35. The molecule has 0 spiro atoms. The summed E-state index contributed by atoms with van der Waals surface area (Å²) in [4.78, 5) is 0. The van der Waals surface area contributed by atoms with Crippen LogP contribution in [0.2, 0.25) is 0 Å². The molecule has 1 aromatic carbocycles. The van der Waals surface area contributed by atoms with E-state index in [0.717, 1.165) is 5.75 Å². The third-order valence-electron chi connectivity index (χ3n) is 2.82. The second kappa shape index (κ2) is 2.99. The van der Waals surface area contributed by atoms with Crippen molar-refractivity contribution in [1.29, 1.82) is 0 Å². The molecule has 0 saturated carbocycles. The number of methoxy groups -OCH3 is 1. The van der Waals surface area contributed by atoms with E-state index in [2.05, 4.69) is 32.9 Å². The number of ether oxygens (including phenoxy) is 2. The topological polar surface area (TPSA) is 18.5 Å². The van der Waals surface area contributed by atoms with Crippen molar-refractivity contribution in [3.63, 3.8) is 0 Å². The lowest BCUT2D eigenvalue weighted by atomic mass is 9.95. The minimum atomic E-state index is -0.191. The Labute approximate surface area is 84.8 Å². The number of benzene rings is 1. The van der Waals surface area contributed by atoms with Crippen molar-refractivity contribution in [3.8, 4) is 5.75 Å². The van der Waals surface area contributed by atoms with E-state index >= 15 is 0 Å². The van der Waals surface area contributed by atoms with Crippen LogP contribution in [-0.2, 0) is 10.3 Å². The Hall–Kier alpha value is -1.02. The molecule has 1 heterocycles. The Kier molecular flexibility index (Phi) is 2.04. The van der Waals surface area contributed by atoms with Gasteiger partial charge in [-0.05, 0) is 44.0 Å². The van der Waals surface area contributed by atoms with Gasteiger partial charge in [-0.1, -0.05) is 6.07 Å². The van der Waals surface area contributed by atoms with Gasteiger partial charge < -0.3 is 9.47 Å². The number of fused-ring (bicyclic) bond motifs is 1. The lowest BCUT2D eigenvalue weighted by Crippen LogP contribution is -2.15. The van der Waals surface area contributed by atoms with Gasteiger partial charge in [-0.3, -0.25) is 0 Å². The van der Waals surface area contributed by atoms with Crippen LogP contribution in [0.5, 0.6) is 5.75 Å². The van der Waals surface area contributed by atoms with E-state index in [1.807, 2.05) is 6.07 Å². The first-order chi connectivity index (χ1) is 6.54. The van der Waals surface area contributed by atoms with Gasteiger partial charge in [-0.15, -0.1) is 0 Å². The molecule has 1 aromatic rings. The summed E-state index contributed by atoms with van der Waals surface area (Å²) in [5.41, 5.74) is 2.32. The van der Waals surface area contributed by atoms with Crippen LogP contribution in [0.25, 0.3) is 0 Å². The van der Waals surface area contributed by atoms with Crippen molar-refractivity contribution in [2.75, 3.05) is 7.11 Å². The van der Waals surface area contributed by atoms with Crippen molar-refractivity contribution < 1.29 is 9.47 Å². The summed E-state index contributed by atoms with van der Waals surface area (Å²) in [5, 5.41) is 0. The van der Waals surface area contributed by atoms with E-state index in [1.165, 1.54) is 11.1 Å². The van der Waals surface area contributed by atoms with Crippen LogP contribution in [0.3, 0.4) is 0 Å². The quantitative estimate of drug-likeness (QED) is 0.681. The summed E-state index contributed by atoms with van der Waals surface area (Å²) in [6.45, 7) is 6.27. The van der Waals surface area contributed by atoms with Gasteiger partial charge in [-0.2, -0.15) is 0 Å². The summed E-state index contributed by atoms with van der Waals surface area (Å²) in [6, 6.07) is 6.15. The fraction of sp³-hybridized carbons (Fsp3) is 0.500. The molecule has 0 aromatic heterocycles. The van der Waals surface area contributed by atoms with Crippen molar-refractivity contribution in [2.45, 2.75) is 32.5 Å². The maximum Gasteiger partial charge on any atom is 0.119 e. The van der Waals surface area contributed by atoms with Crippen LogP contribution in [0.1, 0.15) is 38.0 Å². The maximum atomic E-state index is 5.86. The van der Waals surface area contributed by atoms with E-state index in [9.17, 15) is 0 Å². The lowest BCUT2D eigenvalue weighted by Gasteiger charge is -2.19. The largest absolute Gasteiger partial charge is 0.497 e. The molecule has 2 rings (SSSR count). The predicted octanol–water partition coefficient (Wildman–Crippen LogP) is 3.02. The van der Waals surface area contributed by atoms with Gasteiger partial charge in [0.15, 0.2) is 0 Å². The zero-order chi connectivity index (χ0) is 10.3. The summed E-state index contributed by atoms with van der Waals surface area (Å²) in [7, 11) is 1.69. The SMILES string of the molecule is COc1ccc2c(c1)C(C)(C)O[C@@H]2C. The molecular formula is C12H16O2. The molecule has 0 unspecified atom stereocenters. The molecule has 0 fully saturated rings. The highest BCUT2D eigenvalue weighted by Crippen LogP contribution is 2.43. The molecule has 1 aliphatic heterocycles. The third kappa shape index (κ3) is 1.30. The van der Waals surface area contributed by atoms with Gasteiger partial charge in [0.1, 0.15) is 5.75 Å². The molecule has 0 amide bonds. The minimum Gasteiger partial charge on any atom is -0.497 e. The van der Waals surface area contributed by atoms with Gasteiger partial charge in [0.2, 0.25) is 0 Å². The standard InChI is InChI=1S/C12H16O2/c1-8-10-6-5-9(13-4)7-11(10)12(2,3)14-8/h5-8H,1-4H3/t8-/m1/s1. The predicted molar refractivity (Wildman–Crippen MR) is 55.5 cm³/mol. The van der Waals surface area contributed by atoms with E-state index < -0.39 is 0 Å². The van der Waals surface area contributed by atoms with Gasteiger partial charge in [0.25, 0.3) is 0 Å². The summed E-state index contributed by atoms with van der Waals surface area (Å²) in [6.07, 6.45) is 0.186. The van der Waals surface area contributed by atoms with E-state index in [4.69, 9.17) is 9.47 Å². The molecule has 0 bridgehead atoms. The van der Waals surface area contributed by atoms with Gasteiger partial charge >= 0.3 is 0 Å². The highest BCUT2D eigenvalue weighted by molar-refractivity contribution is 5.42. The first kappa shape index (κ1) is 9.53. The molecule has 1 atom stereocenters. The molecule has 0 saturated heterocycles. The molecule has 2 nitrogen and oxygen atoms in total. The molecule has 1 aliphatic rings. The average Bonchev–Trinajstić information content (AvgIpc) is 2.37. The fourth-order valence-electron chi connectivity index (χ4n) is 2.11. The van der Waals surface area contributed by atoms with Crippen molar-refractivity contribution in [2.24, 2.45) is 0 Å². The number of rotatable bonds is 1. The monoisotopic (exact) mass is 192 g/mol. The summed E-state index contributed by atoms with van der Waals surface area (Å²) in [5.74, 6) is 0.898. The molecular weight excluding hydrogens is 176 g/mol. The van der Waals surface area contributed by atoms with Crippen LogP contribution in [0, 0.1) is 0 Å². The lowest BCUT2D eigenvalue weighted by molar-refractivity contribution is -0.0435. The molecule has 0 N–H and O–H groups in total. The van der Waals surface area contributed by atoms with Crippen molar-refractivity contribution in [3.05, 3.63) is 29.3 Å².